The molecule has 0 bridgehead atoms. The zero-order valence-corrected chi connectivity index (χ0v) is 16.3. The van der Waals surface area contributed by atoms with Gasteiger partial charge in [-0.15, -0.1) is 4.40 Å². The summed E-state index contributed by atoms with van der Waals surface area (Å²) in [6.07, 6.45) is 4.61. The highest BCUT2D eigenvalue weighted by Crippen LogP contribution is 2.31. The Balaban J connectivity index is 1.63. The second-order valence-electron chi connectivity index (χ2n) is 6.40. The molecule has 0 aliphatic carbocycles. The fourth-order valence-corrected chi connectivity index (χ4v) is 4.05. The summed E-state index contributed by atoms with van der Waals surface area (Å²) in [5.74, 6) is -0.960. The maximum Gasteiger partial charge on any atom is 0.287 e. The Morgan fingerprint density at radius 2 is 1.67 bits per heavy atom. The molecule has 0 amide bonds. The number of halogens is 2. The molecule has 0 saturated carbocycles. The van der Waals surface area contributed by atoms with Gasteiger partial charge in [-0.25, -0.2) is 8.78 Å². The number of anilines is 1. The first-order valence-corrected chi connectivity index (χ1v) is 10.4. The Kier molecular flexibility index (Phi) is 5.28. The zero-order valence-electron chi connectivity index (χ0n) is 15.5. The minimum Gasteiger partial charge on any atom is -0.349 e. The molecule has 9 heteroatoms. The Morgan fingerprint density at radius 1 is 0.933 bits per heavy atom. The lowest BCUT2D eigenvalue weighted by molar-refractivity contribution is 0.592. The van der Waals surface area contributed by atoms with Crippen LogP contribution < -0.4 is 10.6 Å². The molecular formula is C21H16F2N4O2S. The Labute approximate surface area is 172 Å². The van der Waals surface area contributed by atoms with Crippen LogP contribution in [0.25, 0.3) is 12.2 Å². The summed E-state index contributed by atoms with van der Waals surface area (Å²) in [5, 5.41) is 5.68. The van der Waals surface area contributed by atoms with E-state index in [1.165, 1.54) is 30.5 Å². The lowest BCUT2D eigenvalue weighted by Gasteiger charge is -2.20. The quantitative estimate of drug-likeness (QED) is 0.621. The molecule has 0 radical (unpaired) electrons. The predicted octanol–water partition coefficient (Wildman–Crippen LogP) is 3.79. The Hall–Kier alpha value is -3.59. The van der Waals surface area contributed by atoms with E-state index in [9.17, 15) is 17.2 Å². The van der Waals surface area contributed by atoms with E-state index in [2.05, 4.69) is 20.0 Å². The minimum absolute atomic E-state index is 0.00671. The van der Waals surface area contributed by atoms with Crippen LogP contribution in [-0.2, 0) is 16.6 Å². The van der Waals surface area contributed by atoms with Crippen molar-refractivity contribution in [2.24, 2.45) is 4.40 Å². The maximum absolute atomic E-state index is 13.9. The average Bonchev–Trinajstić information content (AvgIpc) is 2.72. The lowest BCUT2D eigenvalue weighted by Crippen LogP contribution is -2.35. The van der Waals surface area contributed by atoms with Gasteiger partial charge in [0, 0.05) is 11.8 Å². The molecular weight excluding hydrogens is 410 g/mol. The van der Waals surface area contributed by atoms with Crippen molar-refractivity contribution in [1.82, 2.24) is 10.3 Å². The fraction of sp³-hybridized carbons (Fsp3) is 0.0476. The third-order valence-electron chi connectivity index (χ3n) is 4.40. The largest absolute Gasteiger partial charge is 0.349 e. The SMILES string of the molecule is O=S1(=O)N=C(NCc2ncccc2F)Nc2c(/C=C/c3ccccc3F)cccc21. The third-order valence-corrected chi connectivity index (χ3v) is 5.72. The van der Waals surface area contributed by atoms with E-state index in [0.29, 0.717) is 16.8 Å². The number of pyridine rings is 1. The van der Waals surface area contributed by atoms with Crippen molar-refractivity contribution in [2.75, 3.05) is 5.32 Å². The number of fused-ring (bicyclic) bond motifs is 1. The molecule has 2 N–H and O–H groups in total. The number of rotatable bonds is 4. The molecule has 0 unspecified atom stereocenters. The van der Waals surface area contributed by atoms with Crippen LogP contribution in [0, 0.1) is 11.6 Å². The topological polar surface area (TPSA) is 83.5 Å². The Bertz CT molecular complexity index is 1270. The summed E-state index contributed by atoms with van der Waals surface area (Å²) in [7, 11) is -3.98. The lowest BCUT2D eigenvalue weighted by atomic mass is 10.1. The second kappa shape index (κ2) is 8.03. The molecule has 4 rings (SSSR count). The molecule has 1 aliphatic heterocycles. The number of hydrogen-bond acceptors (Lipinski definition) is 5. The molecule has 0 spiro atoms. The van der Waals surface area contributed by atoms with Gasteiger partial charge < -0.3 is 10.6 Å². The van der Waals surface area contributed by atoms with Gasteiger partial charge in [0.25, 0.3) is 10.0 Å². The molecule has 2 aromatic carbocycles. The zero-order chi connectivity index (χ0) is 21.1. The van der Waals surface area contributed by atoms with Crippen molar-refractivity contribution in [3.05, 3.63) is 89.2 Å². The van der Waals surface area contributed by atoms with E-state index in [1.54, 1.807) is 42.5 Å². The highest BCUT2D eigenvalue weighted by molar-refractivity contribution is 7.90. The normalized spacial score (nSPS) is 14.7. The van der Waals surface area contributed by atoms with Crippen LogP contribution in [0.4, 0.5) is 14.5 Å². The molecule has 0 fully saturated rings. The predicted molar refractivity (Wildman–Crippen MR) is 111 cm³/mol. The van der Waals surface area contributed by atoms with Gasteiger partial charge >= 0.3 is 0 Å². The summed E-state index contributed by atoms with van der Waals surface area (Å²) in [5.41, 5.74) is 1.31. The van der Waals surface area contributed by atoms with Crippen molar-refractivity contribution in [1.29, 1.82) is 0 Å². The van der Waals surface area contributed by atoms with E-state index < -0.39 is 15.8 Å². The second-order valence-corrected chi connectivity index (χ2v) is 7.97. The monoisotopic (exact) mass is 426 g/mol. The first kappa shape index (κ1) is 19.7. The van der Waals surface area contributed by atoms with Crippen molar-refractivity contribution in [3.63, 3.8) is 0 Å². The van der Waals surface area contributed by atoms with Gasteiger partial charge in [-0.3, -0.25) is 4.98 Å². The molecule has 30 heavy (non-hydrogen) atoms. The molecule has 0 atom stereocenters. The summed E-state index contributed by atoms with van der Waals surface area (Å²) in [6, 6.07) is 13.7. The van der Waals surface area contributed by atoms with Crippen LogP contribution in [-0.4, -0.2) is 19.4 Å². The van der Waals surface area contributed by atoms with Crippen molar-refractivity contribution < 1.29 is 17.2 Å². The van der Waals surface area contributed by atoms with Crippen LogP contribution in [0.1, 0.15) is 16.8 Å². The van der Waals surface area contributed by atoms with Gasteiger partial charge in [0.2, 0.25) is 5.96 Å². The molecule has 6 nitrogen and oxygen atoms in total. The van der Waals surface area contributed by atoms with Crippen LogP contribution in [0.5, 0.6) is 0 Å². The van der Waals surface area contributed by atoms with Crippen LogP contribution in [0.15, 0.2) is 70.1 Å². The van der Waals surface area contributed by atoms with Gasteiger partial charge in [-0.05, 0) is 29.8 Å². The third kappa shape index (κ3) is 4.06. The van der Waals surface area contributed by atoms with Crippen LogP contribution in [0.2, 0.25) is 0 Å². The standard InChI is InChI=1S/C21H16F2N4O2S/c22-16-7-2-1-5-14(16)10-11-15-6-3-9-19-20(15)26-21(27-30(19,28)29)25-13-18-17(23)8-4-12-24-18/h1-12H,13H2,(H2,25,26,27)/b11-10+. The van der Waals surface area contributed by atoms with Crippen LogP contribution >= 0.6 is 0 Å². The molecule has 1 aliphatic rings. The fourth-order valence-electron chi connectivity index (χ4n) is 2.93. The number of para-hydroxylation sites is 1. The van der Waals surface area contributed by atoms with E-state index in [4.69, 9.17) is 0 Å². The molecule has 2 heterocycles. The first-order valence-electron chi connectivity index (χ1n) is 8.95. The van der Waals surface area contributed by atoms with E-state index in [0.717, 1.165) is 0 Å². The summed E-state index contributed by atoms with van der Waals surface area (Å²) in [6.45, 7) is -0.0589. The van der Waals surface area contributed by atoms with E-state index in [1.807, 2.05) is 0 Å². The van der Waals surface area contributed by atoms with Gasteiger partial charge in [0.15, 0.2) is 0 Å². The number of hydrogen-bond donors (Lipinski definition) is 2. The number of nitrogens with one attached hydrogen (secondary N) is 2. The number of benzene rings is 2. The van der Waals surface area contributed by atoms with Crippen LogP contribution in [0.3, 0.4) is 0 Å². The number of guanidine groups is 1. The van der Waals surface area contributed by atoms with Gasteiger partial charge in [0.1, 0.15) is 16.5 Å². The molecule has 3 aromatic rings. The highest BCUT2D eigenvalue weighted by atomic mass is 32.2. The van der Waals surface area contributed by atoms with Gasteiger partial charge in [0.05, 0.1) is 17.9 Å². The Morgan fingerprint density at radius 3 is 2.47 bits per heavy atom. The average molecular weight is 426 g/mol. The van der Waals surface area contributed by atoms with E-state index in [-0.39, 0.29) is 28.9 Å². The highest BCUT2D eigenvalue weighted by Gasteiger charge is 2.26. The number of nitrogens with zero attached hydrogens (tertiary/aromatic N) is 2. The number of sulfonamides is 1. The molecule has 1 aromatic heterocycles. The van der Waals surface area contributed by atoms with Crippen molar-refractivity contribution >= 4 is 33.8 Å². The first-order chi connectivity index (χ1) is 14.4. The summed E-state index contributed by atoms with van der Waals surface area (Å²) >= 11 is 0. The van der Waals surface area contributed by atoms with Gasteiger partial charge in [-0.1, -0.05) is 42.5 Å². The number of aromatic nitrogens is 1. The van der Waals surface area contributed by atoms with Crippen molar-refractivity contribution in [2.45, 2.75) is 11.4 Å². The summed E-state index contributed by atoms with van der Waals surface area (Å²) < 4.78 is 56.6. The minimum atomic E-state index is -3.98. The maximum atomic E-state index is 13.9. The van der Waals surface area contributed by atoms with Crippen molar-refractivity contribution in [3.8, 4) is 0 Å². The van der Waals surface area contributed by atoms with Gasteiger partial charge in [-0.2, -0.15) is 8.42 Å². The summed E-state index contributed by atoms with van der Waals surface area (Å²) in [4.78, 5) is 3.91. The molecule has 0 saturated heterocycles. The van der Waals surface area contributed by atoms with E-state index >= 15 is 0 Å². The molecule has 152 valence electrons. The smallest absolute Gasteiger partial charge is 0.287 e.